The van der Waals surface area contributed by atoms with Crippen molar-refractivity contribution in [2.45, 2.75) is 11.9 Å². The van der Waals surface area contributed by atoms with Gasteiger partial charge in [-0.2, -0.15) is 0 Å². The van der Waals surface area contributed by atoms with E-state index in [1.807, 2.05) is 25.1 Å². The van der Waals surface area contributed by atoms with Crippen LogP contribution in [0.3, 0.4) is 0 Å². The third kappa shape index (κ3) is 4.63. The number of pyridine rings is 1. The molecule has 0 saturated carbocycles. The normalized spacial score (nSPS) is 11.5. The molecule has 3 aromatic rings. The van der Waals surface area contributed by atoms with Crippen molar-refractivity contribution < 1.29 is 12.8 Å². The van der Waals surface area contributed by atoms with E-state index in [-0.39, 0.29) is 17.4 Å². The van der Waals surface area contributed by atoms with E-state index in [0.717, 1.165) is 5.69 Å². The Kier molecular flexibility index (Phi) is 5.60. The second-order valence-corrected chi connectivity index (χ2v) is 8.06. The maximum absolute atomic E-state index is 13.0. The Morgan fingerprint density at radius 1 is 1.08 bits per heavy atom. The fraction of sp³-hybridized carbons (Fsp3) is 0.176. The Morgan fingerprint density at radius 3 is 2.58 bits per heavy atom. The van der Waals surface area contributed by atoms with E-state index in [9.17, 15) is 12.8 Å². The van der Waals surface area contributed by atoms with Crippen molar-refractivity contribution in [1.29, 1.82) is 0 Å². The average Bonchev–Trinajstić information content (AvgIpc) is 3.11. The summed E-state index contributed by atoms with van der Waals surface area (Å²) in [6, 6.07) is 11.3. The number of rotatable bonds is 7. The van der Waals surface area contributed by atoms with E-state index in [2.05, 4.69) is 20.0 Å². The summed E-state index contributed by atoms with van der Waals surface area (Å²) in [5.74, 6) is 0.340. The first-order valence-corrected chi connectivity index (χ1v) is 10.2. The minimum atomic E-state index is -3.70. The van der Waals surface area contributed by atoms with Crippen molar-refractivity contribution in [2.75, 3.05) is 18.4 Å². The Morgan fingerprint density at radius 2 is 1.85 bits per heavy atom. The van der Waals surface area contributed by atoms with Crippen LogP contribution in [-0.2, 0) is 10.0 Å². The second-order valence-electron chi connectivity index (χ2n) is 5.49. The van der Waals surface area contributed by atoms with Gasteiger partial charge in [-0.25, -0.2) is 27.5 Å². The SMILES string of the molecule is Cc1cccc(NCCNS(=O)(=O)c2csc(-c3ccc(F)cc3)n2)n1. The summed E-state index contributed by atoms with van der Waals surface area (Å²) in [6.07, 6.45) is 0. The number of benzene rings is 1. The number of thiazole rings is 1. The fourth-order valence-corrected chi connectivity index (χ4v) is 4.33. The molecule has 0 atom stereocenters. The average molecular weight is 392 g/mol. The summed E-state index contributed by atoms with van der Waals surface area (Å²) in [6.45, 7) is 2.47. The van der Waals surface area contributed by atoms with Crippen molar-refractivity contribution in [3.63, 3.8) is 0 Å². The van der Waals surface area contributed by atoms with E-state index in [0.29, 0.717) is 22.9 Å². The third-order valence-electron chi connectivity index (χ3n) is 3.46. The molecule has 0 bridgehead atoms. The van der Waals surface area contributed by atoms with E-state index in [1.54, 1.807) is 12.1 Å². The number of hydrogen-bond acceptors (Lipinski definition) is 6. The zero-order chi connectivity index (χ0) is 18.6. The molecular weight excluding hydrogens is 375 g/mol. The van der Waals surface area contributed by atoms with Crippen LogP contribution in [0, 0.1) is 12.7 Å². The number of hydrogen-bond donors (Lipinski definition) is 2. The maximum atomic E-state index is 13.0. The van der Waals surface area contributed by atoms with Gasteiger partial charge in [0.25, 0.3) is 10.0 Å². The Hall–Kier alpha value is -2.36. The summed E-state index contributed by atoms with van der Waals surface area (Å²) in [7, 11) is -3.70. The Bertz CT molecular complexity index is 988. The van der Waals surface area contributed by atoms with Crippen LogP contribution in [0.25, 0.3) is 10.6 Å². The molecule has 9 heteroatoms. The predicted octanol–water partition coefficient (Wildman–Crippen LogP) is 3.04. The van der Waals surface area contributed by atoms with Crippen molar-refractivity contribution in [1.82, 2.24) is 14.7 Å². The minimum Gasteiger partial charge on any atom is -0.369 e. The van der Waals surface area contributed by atoms with Crippen LogP contribution in [0.2, 0.25) is 0 Å². The minimum absolute atomic E-state index is 0.0458. The highest BCUT2D eigenvalue weighted by Gasteiger charge is 2.18. The lowest BCUT2D eigenvalue weighted by Gasteiger charge is -2.07. The van der Waals surface area contributed by atoms with Gasteiger partial charge in [-0.15, -0.1) is 11.3 Å². The molecule has 2 aromatic heterocycles. The number of nitrogens with zero attached hydrogens (tertiary/aromatic N) is 2. The molecule has 0 radical (unpaired) electrons. The second kappa shape index (κ2) is 7.90. The molecule has 1 aromatic carbocycles. The van der Waals surface area contributed by atoms with Gasteiger partial charge in [-0.1, -0.05) is 6.07 Å². The van der Waals surface area contributed by atoms with Crippen LogP contribution < -0.4 is 10.0 Å². The van der Waals surface area contributed by atoms with Crippen LogP contribution in [-0.4, -0.2) is 31.5 Å². The predicted molar refractivity (Wildman–Crippen MR) is 100 cm³/mol. The molecule has 0 saturated heterocycles. The summed E-state index contributed by atoms with van der Waals surface area (Å²) in [5, 5.41) is 5.00. The van der Waals surface area contributed by atoms with Crippen molar-refractivity contribution in [3.8, 4) is 10.6 Å². The van der Waals surface area contributed by atoms with Gasteiger partial charge in [0.1, 0.15) is 16.6 Å². The zero-order valence-electron chi connectivity index (χ0n) is 13.9. The molecule has 2 N–H and O–H groups in total. The molecule has 0 aliphatic heterocycles. The summed E-state index contributed by atoms with van der Waals surface area (Å²) in [5.41, 5.74) is 1.55. The molecule has 0 amide bonds. The maximum Gasteiger partial charge on any atom is 0.258 e. The molecule has 26 heavy (non-hydrogen) atoms. The molecule has 2 heterocycles. The number of halogens is 1. The zero-order valence-corrected chi connectivity index (χ0v) is 15.6. The fourth-order valence-electron chi connectivity index (χ4n) is 2.20. The lowest BCUT2D eigenvalue weighted by molar-refractivity contribution is 0.580. The highest BCUT2D eigenvalue weighted by Crippen LogP contribution is 2.25. The van der Waals surface area contributed by atoms with E-state index < -0.39 is 10.0 Å². The molecule has 136 valence electrons. The molecular formula is C17H17FN4O2S2. The number of aromatic nitrogens is 2. The molecule has 0 aliphatic carbocycles. The van der Waals surface area contributed by atoms with Gasteiger partial charge in [0.15, 0.2) is 5.03 Å². The van der Waals surface area contributed by atoms with Gasteiger partial charge in [0, 0.05) is 29.7 Å². The molecule has 0 fully saturated rings. The van der Waals surface area contributed by atoms with Gasteiger partial charge in [0.05, 0.1) is 0 Å². The van der Waals surface area contributed by atoms with E-state index >= 15 is 0 Å². The highest BCUT2D eigenvalue weighted by molar-refractivity contribution is 7.89. The number of sulfonamides is 1. The molecule has 6 nitrogen and oxygen atoms in total. The van der Waals surface area contributed by atoms with Gasteiger partial charge >= 0.3 is 0 Å². The molecule has 0 aliphatic rings. The first-order chi connectivity index (χ1) is 12.4. The topological polar surface area (TPSA) is 84.0 Å². The van der Waals surface area contributed by atoms with Gasteiger partial charge in [-0.3, -0.25) is 0 Å². The largest absolute Gasteiger partial charge is 0.369 e. The molecule has 0 unspecified atom stereocenters. The van der Waals surface area contributed by atoms with Gasteiger partial charge in [-0.05, 0) is 43.3 Å². The monoisotopic (exact) mass is 392 g/mol. The Labute approximate surface area is 155 Å². The first kappa shape index (κ1) is 18.4. The van der Waals surface area contributed by atoms with Crippen molar-refractivity contribution in [3.05, 3.63) is 59.4 Å². The van der Waals surface area contributed by atoms with Crippen LogP contribution in [0.5, 0.6) is 0 Å². The summed E-state index contributed by atoms with van der Waals surface area (Å²) >= 11 is 1.19. The molecule has 3 rings (SSSR count). The number of aryl methyl sites for hydroxylation is 1. The molecule has 0 spiro atoms. The van der Waals surface area contributed by atoms with Crippen LogP contribution >= 0.6 is 11.3 Å². The van der Waals surface area contributed by atoms with Crippen LogP contribution in [0.1, 0.15) is 5.69 Å². The number of nitrogens with one attached hydrogen (secondary N) is 2. The summed E-state index contributed by atoms with van der Waals surface area (Å²) in [4.78, 5) is 8.43. The number of anilines is 1. The quantitative estimate of drug-likeness (QED) is 0.604. The first-order valence-electron chi connectivity index (χ1n) is 7.83. The Balaban J connectivity index is 1.59. The van der Waals surface area contributed by atoms with E-state index in [4.69, 9.17) is 0 Å². The van der Waals surface area contributed by atoms with Crippen LogP contribution in [0.4, 0.5) is 10.2 Å². The smallest absolute Gasteiger partial charge is 0.258 e. The third-order valence-corrected chi connectivity index (χ3v) is 5.85. The van der Waals surface area contributed by atoms with Gasteiger partial charge in [0.2, 0.25) is 0 Å². The lowest BCUT2D eigenvalue weighted by Crippen LogP contribution is -2.29. The highest BCUT2D eigenvalue weighted by atomic mass is 32.2. The lowest BCUT2D eigenvalue weighted by atomic mass is 10.2. The van der Waals surface area contributed by atoms with Gasteiger partial charge < -0.3 is 5.32 Å². The van der Waals surface area contributed by atoms with Crippen molar-refractivity contribution >= 4 is 27.2 Å². The van der Waals surface area contributed by atoms with Crippen molar-refractivity contribution in [2.24, 2.45) is 0 Å². The van der Waals surface area contributed by atoms with E-state index in [1.165, 1.54) is 28.8 Å². The standard InChI is InChI=1S/C17H17FN4O2S2/c1-12-3-2-4-15(21-12)19-9-10-20-26(23,24)16-11-25-17(22-16)13-5-7-14(18)8-6-13/h2-8,11,20H,9-10H2,1H3,(H,19,21). The van der Waals surface area contributed by atoms with Crippen LogP contribution in [0.15, 0.2) is 52.9 Å². The summed E-state index contributed by atoms with van der Waals surface area (Å²) < 4.78 is 40.1.